The molecule has 4 rings (SSSR count). The molecule has 1 unspecified atom stereocenters. The number of aliphatic hydroxyl groups is 1. The first-order valence-electron chi connectivity index (χ1n) is 8.07. The Labute approximate surface area is 144 Å². The van der Waals surface area contributed by atoms with Crippen molar-refractivity contribution in [1.29, 1.82) is 0 Å². The maximum Gasteiger partial charge on any atom is 0.251 e. The molecule has 0 aliphatic rings. The summed E-state index contributed by atoms with van der Waals surface area (Å²) in [6, 6.07) is 17.3. The Morgan fingerprint density at radius 3 is 2.84 bits per heavy atom. The highest BCUT2D eigenvalue weighted by Crippen LogP contribution is 2.20. The second-order valence-corrected chi connectivity index (χ2v) is 5.97. The Morgan fingerprint density at radius 1 is 1.12 bits per heavy atom. The largest absolute Gasteiger partial charge is 0.387 e. The minimum Gasteiger partial charge on any atom is -0.387 e. The van der Waals surface area contributed by atoms with Crippen LogP contribution in [-0.4, -0.2) is 26.9 Å². The number of carbonyl (C=O) groups is 1. The number of hydrogen-bond donors (Lipinski definition) is 2. The number of rotatable bonds is 4. The van der Waals surface area contributed by atoms with Crippen LogP contribution in [0.25, 0.3) is 16.3 Å². The van der Waals surface area contributed by atoms with Gasteiger partial charge in [0.25, 0.3) is 5.91 Å². The van der Waals surface area contributed by atoms with Gasteiger partial charge in [-0.3, -0.25) is 4.79 Å². The number of fused-ring (bicyclic) bond motifs is 2. The molecule has 2 heterocycles. The molecule has 2 N–H and O–H groups in total. The molecular formula is C20H17N3O2. The van der Waals surface area contributed by atoms with Crippen molar-refractivity contribution in [3.63, 3.8) is 0 Å². The molecule has 0 aliphatic carbocycles. The molecular weight excluding hydrogens is 314 g/mol. The van der Waals surface area contributed by atoms with Crippen molar-refractivity contribution in [3.8, 4) is 0 Å². The van der Waals surface area contributed by atoms with Crippen molar-refractivity contribution < 1.29 is 9.90 Å². The fourth-order valence-corrected chi connectivity index (χ4v) is 2.88. The molecule has 2 aromatic carbocycles. The predicted molar refractivity (Wildman–Crippen MR) is 96.4 cm³/mol. The molecule has 1 amide bonds. The summed E-state index contributed by atoms with van der Waals surface area (Å²) in [4.78, 5) is 16.3. The highest BCUT2D eigenvalue weighted by atomic mass is 16.3. The van der Waals surface area contributed by atoms with Gasteiger partial charge in [0.15, 0.2) is 0 Å². The average Bonchev–Trinajstić information content (AvgIpc) is 3.13. The summed E-state index contributed by atoms with van der Waals surface area (Å²) >= 11 is 0. The van der Waals surface area contributed by atoms with Crippen LogP contribution in [0, 0.1) is 0 Å². The highest BCUT2D eigenvalue weighted by Gasteiger charge is 2.12. The summed E-state index contributed by atoms with van der Waals surface area (Å²) in [7, 11) is 0. The van der Waals surface area contributed by atoms with E-state index in [9.17, 15) is 9.90 Å². The van der Waals surface area contributed by atoms with E-state index in [1.807, 2.05) is 46.9 Å². The lowest BCUT2D eigenvalue weighted by Gasteiger charge is -2.13. The van der Waals surface area contributed by atoms with Crippen LogP contribution in [0.4, 0.5) is 0 Å². The van der Waals surface area contributed by atoms with E-state index in [1.54, 1.807) is 30.9 Å². The zero-order chi connectivity index (χ0) is 17.2. The molecule has 0 saturated heterocycles. The van der Waals surface area contributed by atoms with Crippen LogP contribution in [0.3, 0.4) is 0 Å². The third-order valence-electron chi connectivity index (χ3n) is 4.29. The number of amides is 1. The van der Waals surface area contributed by atoms with E-state index in [1.165, 1.54) is 0 Å². The van der Waals surface area contributed by atoms with Gasteiger partial charge >= 0.3 is 0 Å². The first kappa shape index (κ1) is 15.4. The van der Waals surface area contributed by atoms with Crippen LogP contribution in [0.1, 0.15) is 22.0 Å². The van der Waals surface area contributed by atoms with Gasteiger partial charge in [-0.05, 0) is 34.5 Å². The number of aromatic nitrogens is 2. The van der Waals surface area contributed by atoms with Crippen molar-refractivity contribution in [2.75, 3.05) is 6.54 Å². The van der Waals surface area contributed by atoms with Crippen molar-refractivity contribution in [2.45, 2.75) is 6.10 Å². The first-order valence-corrected chi connectivity index (χ1v) is 8.07. The van der Waals surface area contributed by atoms with Gasteiger partial charge in [-0.15, -0.1) is 0 Å². The van der Waals surface area contributed by atoms with Gasteiger partial charge in [-0.1, -0.05) is 36.4 Å². The molecule has 0 saturated carbocycles. The summed E-state index contributed by atoms with van der Waals surface area (Å²) < 4.78 is 1.83. The Morgan fingerprint density at radius 2 is 1.96 bits per heavy atom. The zero-order valence-corrected chi connectivity index (χ0v) is 13.5. The van der Waals surface area contributed by atoms with Gasteiger partial charge in [0.05, 0.1) is 24.1 Å². The molecule has 1 atom stereocenters. The number of nitrogens with zero attached hydrogens (tertiary/aromatic N) is 2. The summed E-state index contributed by atoms with van der Waals surface area (Å²) in [6.45, 7) is 0.154. The number of carbonyl (C=O) groups excluding carboxylic acids is 1. The minimum absolute atomic E-state index is 0.154. The van der Waals surface area contributed by atoms with E-state index < -0.39 is 6.10 Å². The molecule has 2 aromatic heterocycles. The lowest BCUT2D eigenvalue weighted by Crippen LogP contribution is -2.28. The number of imidazole rings is 1. The van der Waals surface area contributed by atoms with Gasteiger partial charge in [-0.25, -0.2) is 4.98 Å². The third kappa shape index (κ3) is 3.09. The second kappa shape index (κ2) is 6.37. The van der Waals surface area contributed by atoms with E-state index >= 15 is 0 Å². The Bertz CT molecular complexity index is 1050. The van der Waals surface area contributed by atoms with Crippen LogP contribution < -0.4 is 5.32 Å². The normalized spacial score (nSPS) is 12.4. The summed E-state index contributed by atoms with van der Waals surface area (Å²) in [5.74, 6) is -0.219. The lowest BCUT2D eigenvalue weighted by atomic mass is 10.0. The van der Waals surface area contributed by atoms with E-state index in [4.69, 9.17) is 0 Å². The van der Waals surface area contributed by atoms with Crippen LogP contribution in [-0.2, 0) is 0 Å². The molecule has 124 valence electrons. The van der Waals surface area contributed by atoms with Gasteiger partial charge < -0.3 is 14.8 Å². The SMILES string of the molecule is O=C(NCC(O)c1ccc2ccccc2c1)c1ccn2cncc2c1. The van der Waals surface area contributed by atoms with Gasteiger partial charge in [0.2, 0.25) is 0 Å². The fraction of sp³-hybridized carbons (Fsp3) is 0.100. The highest BCUT2D eigenvalue weighted by molar-refractivity contribution is 5.95. The monoisotopic (exact) mass is 331 g/mol. The van der Waals surface area contributed by atoms with Crippen molar-refractivity contribution in [2.24, 2.45) is 0 Å². The Kier molecular flexibility index (Phi) is 3.91. The van der Waals surface area contributed by atoms with Crippen LogP contribution >= 0.6 is 0 Å². The molecule has 25 heavy (non-hydrogen) atoms. The summed E-state index contributed by atoms with van der Waals surface area (Å²) in [6.07, 6.45) is 4.41. The quantitative estimate of drug-likeness (QED) is 0.604. The molecule has 5 nitrogen and oxygen atoms in total. The standard InChI is InChI=1S/C20H17N3O2/c24-19(16-6-5-14-3-1-2-4-15(14)9-16)12-22-20(25)17-7-8-23-13-21-11-18(23)10-17/h1-11,13,19,24H,12H2,(H,22,25). The third-order valence-corrected chi connectivity index (χ3v) is 4.29. The van der Waals surface area contributed by atoms with E-state index in [-0.39, 0.29) is 12.5 Å². The molecule has 0 radical (unpaired) electrons. The minimum atomic E-state index is -0.757. The molecule has 5 heteroatoms. The lowest BCUT2D eigenvalue weighted by molar-refractivity contribution is 0.0916. The predicted octanol–water partition coefficient (Wildman–Crippen LogP) is 2.95. The number of pyridine rings is 1. The molecule has 0 aliphatic heterocycles. The first-order chi connectivity index (χ1) is 12.2. The number of aliphatic hydroxyl groups excluding tert-OH is 1. The number of hydrogen-bond acceptors (Lipinski definition) is 3. The second-order valence-electron chi connectivity index (χ2n) is 5.97. The van der Waals surface area contributed by atoms with Crippen molar-refractivity contribution in [1.82, 2.24) is 14.7 Å². The van der Waals surface area contributed by atoms with Crippen LogP contribution in [0.5, 0.6) is 0 Å². The van der Waals surface area contributed by atoms with Gasteiger partial charge in [-0.2, -0.15) is 0 Å². The Balaban J connectivity index is 1.46. The fourth-order valence-electron chi connectivity index (χ4n) is 2.88. The Hall–Kier alpha value is -3.18. The molecule has 0 bridgehead atoms. The van der Waals surface area contributed by atoms with Crippen molar-refractivity contribution >= 4 is 22.2 Å². The van der Waals surface area contributed by atoms with Crippen LogP contribution in [0.2, 0.25) is 0 Å². The zero-order valence-electron chi connectivity index (χ0n) is 13.5. The maximum atomic E-state index is 12.3. The summed E-state index contributed by atoms with van der Waals surface area (Å²) in [5.41, 5.74) is 2.17. The van der Waals surface area contributed by atoms with E-state index in [0.29, 0.717) is 5.56 Å². The average molecular weight is 331 g/mol. The smallest absolute Gasteiger partial charge is 0.251 e. The van der Waals surface area contributed by atoms with E-state index in [0.717, 1.165) is 21.9 Å². The van der Waals surface area contributed by atoms with E-state index in [2.05, 4.69) is 10.3 Å². The topological polar surface area (TPSA) is 66.6 Å². The van der Waals surface area contributed by atoms with Gasteiger partial charge in [0.1, 0.15) is 0 Å². The maximum absolute atomic E-state index is 12.3. The molecule has 4 aromatic rings. The molecule has 0 fully saturated rings. The van der Waals surface area contributed by atoms with Gasteiger partial charge in [0, 0.05) is 18.3 Å². The van der Waals surface area contributed by atoms with Crippen molar-refractivity contribution in [3.05, 3.63) is 84.4 Å². The summed E-state index contributed by atoms with van der Waals surface area (Å²) in [5, 5.41) is 15.4. The molecule has 0 spiro atoms. The number of benzene rings is 2. The number of nitrogens with one attached hydrogen (secondary N) is 1. The van der Waals surface area contributed by atoms with Crippen LogP contribution in [0.15, 0.2) is 73.3 Å².